The molecule has 0 amide bonds. The number of aliphatic hydroxyl groups is 1. The van der Waals surface area contributed by atoms with Gasteiger partial charge in [0.15, 0.2) is 0 Å². The lowest BCUT2D eigenvalue weighted by Crippen LogP contribution is -2.34. The highest BCUT2D eigenvalue weighted by Gasteiger charge is 2.12. The summed E-state index contributed by atoms with van der Waals surface area (Å²) in [5.74, 6) is 0.944. The first kappa shape index (κ1) is 16.0. The van der Waals surface area contributed by atoms with Gasteiger partial charge in [0.1, 0.15) is 5.75 Å². The van der Waals surface area contributed by atoms with Crippen LogP contribution in [0.15, 0.2) is 24.3 Å². The molecule has 0 aliphatic rings. The lowest BCUT2D eigenvalue weighted by atomic mass is 10.1. The summed E-state index contributed by atoms with van der Waals surface area (Å²) in [5.41, 5.74) is 1.22. The first-order chi connectivity index (χ1) is 9.19. The number of hydrogen-bond acceptors (Lipinski definition) is 4. The molecule has 1 atom stereocenters. The van der Waals surface area contributed by atoms with E-state index in [1.165, 1.54) is 5.56 Å². The lowest BCUT2D eigenvalue weighted by molar-refractivity contribution is 0.0719. The summed E-state index contributed by atoms with van der Waals surface area (Å²) in [7, 11) is 3.79. The molecule has 1 unspecified atom stereocenters. The number of aliphatic hydroxyl groups excluding tert-OH is 1. The van der Waals surface area contributed by atoms with Crippen LogP contribution in [0.3, 0.4) is 0 Å². The third kappa shape index (κ3) is 5.59. The van der Waals surface area contributed by atoms with E-state index in [0.717, 1.165) is 18.7 Å². The largest absolute Gasteiger partial charge is 0.496 e. The summed E-state index contributed by atoms with van der Waals surface area (Å²) in [6.07, 6.45) is 0.945. The SMILES string of the molecule is COc1ccccc1CC(C)N(C)CCOCCO. The third-order valence-electron chi connectivity index (χ3n) is 3.28. The molecule has 0 aromatic heterocycles. The van der Waals surface area contributed by atoms with Crippen molar-refractivity contribution in [3.8, 4) is 5.75 Å². The maximum absolute atomic E-state index is 8.64. The summed E-state index contributed by atoms with van der Waals surface area (Å²) in [5, 5.41) is 8.64. The van der Waals surface area contributed by atoms with Crippen LogP contribution in [0.5, 0.6) is 5.75 Å². The summed E-state index contributed by atoms with van der Waals surface area (Å²) < 4.78 is 10.7. The van der Waals surface area contributed by atoms with Gasteiger partial charge in [0, 0.05) is 12.6 Å². The van der Waals surface area contributed by atoms with Gasteiger partial charge in [-0.3, -0.25) is 0 Å². The Labute approximate surface area is 115 Å². The molecule has 0 fully saturated rings. The predicted molar refractivity (Wildman–Crippen MR) is 76.7 cm³/mol. The third-order valence-corrected chi connectivity index (χ3v) is 3.28. The summed E-state index contributed by atoms with van der Waals surface area (Å²) in [6.45, 7) is 4.19. The number of rotatable bonds is 9. The number of nitrogens with zero attached hydrogens (tertiary/aromatic N) is 1. The minimum absolute atomic E-state index is 0.0838. The van der Waals surface area contributed by atoms with Gasteiger partial charge in [0.2, 0.25) is 0 Å². The Morgan fingerprint density at radius 2 is 2.00 bits per heavy atom. The predicted octanol–water partition coefficient (Wildman–Crippen LogP) is 1.57. The molecule has 1 rings (SSSR count). The molecule has 1 aromatic rings. The molecule has 0 aliphatic heterocycles. The second kappa shape index (κ2) is 8.91. The topological polar surface area (TPSA) is 41.9 Å². The molecule has 1 N–H and O–H groups in total. The van der Waals surface area contributed by atoms with E-state index in [4.69, 9.17) is 14.6 Å². The molecule has 108 valence electrons. The zero-order valence-corrected chi connectivity index (χ0v) is 12.1. The Balaban J connectivity index is 2.42. The van der Waals surface area contributed by atoms with E-state index in [1.807, 2.05) is 18.2 Å². The van der Waals surface area contributed by atoms with Crippen LogP contribution in [0.25, 0.3) is 0 Å². The molecule has 0 spiro atoms. The van der Waals surface area contributed by atoms with Crippen molar-refractivity contribution in [3.63, 3.8) is 0 Å². The minimum atomic E-state index is 0.0838. The van der Waals surface area contributed by atoms with E-state index >= 15 is 0 Å². The molecular formula is C15H25NO3. The van der Waals surface area contributed by atoms with Gasteiger partial charge in [0.05, 0.1) is 26.9 Å². The second-order valence-corrected chi connectivity index (χ2v) is 4.68. The number of ether oxygens (including phenoxy) is 2. The van der Waals surface area contributed by atoms with E-state index in [0.29, 0.717) is 19.3 Å². The van der Waals surface area contributed by atoms with Crippen LogP contribution >= 0.6 is 0 Å². The van der Waals surface area contributed by atoms with Crippen molar-refractivity contribution in [2.75, 3.05) is 40.5 Å². The molecule has 0 saturated carbocycles. The zero-order valence-electron chi connectivity index (χ0n) is 12.1. The molecule has 1 aromatic carbocycles. The number of likely N-dealkylation sites (N-methyl/N-ethyl adjacent to an activating group) is 1. The van der Waals surface area contributed by atoms with Crippen LogP contribution in [-0.2, 0) is 11.2 Å². The van der Waals surface area contributed by atoms with E-state index in [-0.39, 0.29) is 6.61 Å². The Hall–Kier alpha value is -1.10. The monoisotopic (exact) mass is 267 g/mol. The summed E-state index contributed by atoms with van der Waals surface area (Å²) in [6, 6.07) is 8.53. The second-order valence-electron chi connectivity index (χ2n) is 4.68. The van der Waals surface area contributed by atoms with E-state index < -0.39 is 0 Å². The Bertz CT molecular complexity index is 357. The molecule has 0 heterocycles. The van der Waals surface area contributed by atoms with Crippen LogP contribution in [0.1, 0.15) is 12.5 Å². The number of benzene rings is 1. The summed E-state index contributed by atoms with van der Waals surface area (Å²) >= 11 is 0. The molecule has 0 radical (unpaired) electrons. The van der Waals surface area contributed by atoms with E-state index in [9.17, 15) is 0 Å². The normalized spacial score (nSPS) is 12.7. The van der Waals surface area contributed by atoms with Gasteiger partial charge in [-0.2, -0.15) is 0 Å². The lowest BCUT2D eigenvalue weighted by Gasteiger charge is -2.25. The highest BCUT2D eigenvalue weighted by molar-refractivity contribution is 5.33. The Morgan fingerprint density at radius 3 is 2.68 bits per heavy atom. The standard InChI is InChI=1S/C15H25NO3/c1-13(16(2)8-10-19-11-9-17)12-14-6-4-5-7-15(14)18-3/h4-7,13,17H,8-12H2,1-3H3. The van der Waals surface area contributed by atoms with Crippen LogP contribution in [0, 0.1) is 0 Å². The maximum Gasteiger partial charge on any atom is 0.122 e. The molecule has 4 nitrogen and oxygen atoms in total. The maximum atomic E-state index is 8.64. The number of hydrogen-bond donors (Lipinski definition) is 1. The molecule has 0 aliphatic carbocycles. The average Bonchev–Trinajstić information content (AvgIpc) is 2.44. The van der Waals surface area contributed by atoms with Crippen molar-refractivity contribution < 1.29 is 14.6 Å². The molecule has 0 saturated heterocycles. The highest BCUT2D eigenvalue weighted by atomic mass is 16.5. The quantitative estimate of drug-likeness (QED) is 0.690. The average molecular weight is 267 g/mol. The molecule has 0 bridgehead atoms. The van der Waals surface area contributed by atoms with Crippen molar-refractivity contribution in [1.29, 1.82) is 0 Å². The number of para-hydroxylation sites is 1. The van der Waals surface area contributed by atoms with Crippen molar-refractivity contribution >= 4 is 0 Å². The molecule has 19 heavy (non-hydrogen) atoms. The van der Waals surface area contributed by atoms with Gasteiger partial charge in [-0.05, 0) is 32.0 Å². The fourth-order valence-corrected chi connectivity index (χ4v) is 1.94. The van der Waals surface area contributed by atoms with Gasteiger partial charge in [-0.1, -0.05) is 18.2 Å². The highest BCUT2D eigenvalue weighted by Crippen LogP contribution is 2.20. The first-order valence-electron chi connectivity index (χ1n) is 6.69. The van der Waals surface area contributed by atoms with Gasteiger partial charge in [0.25, 0.3) is 0 Å². The van der Waals surface area contributed by atoms with Gasteiger partial charge < -0.3 is 19.5 Å². The fraction of sp³-hybridized carbons (Fsp3) is 0.600. The Kier molecular flexibility index (Phi) is 7.48. The first-order valence-corrected chi connectivity index (χ1v) is 6.69. The summed E-state index contributed by atoms with van der Waals surface area (Å²) in [4.78, 5) is 2.25. The van der Waals surface area contributed by atoms with Crippen molar-refractivity contribution in [2.24, 2.45) is 0 Å². The van der Waals surface area contributed by atoms with Crippen LogP contribution in [-0.4, -0.2) is 56.6 Å². The van der Waals surface area contributed by atoms with Gasteiger partial charge >= 0.3 is 0 Å². The van der Waals surface area contributed by atoms with Crippen LogP contribution in [0.4, 0.5) is 0 Å². The smallest absolute Gasteiger partial charge is 0.122 e. The number of methoxy groups -OCH3 is 1. The fourth-order valence-electron chi connectivity index (χ4n) is 1.94. The molecular weight excluding hydrogens is 242 g/mol. The zero-order chi connectivity index (χ0) is 14.1. The Morgan fingerprint density at radius 1 is 1.26 bits per heavy atom. The van der Waals surface area contributed by atoms with Crippen molar-refractivity contribution in [2.45, 2.75) is 19.4 Å². The van der Waals surface area contributed by atoms with Gasteiger partial charge in [-0.15, -0.1) is 0 Å². The van der Waals surface area contributed by atoms with Crippen LogP contribution in [0.2, 0.25) is 0 Å². The van der Waals surface area contributed by atoms with Crippen molar-refractivity contribution in [1.82, 2.24) is 4.90 Å². The van der Waals surface area contributed by atoms with Crippen LogP contribution < -0.4 is 4.74 Å². The minimum Gasteiger partial charge on any atom is -0.496 e. The van der Waals surface area contributed by atoms with Gasteiger partial charge in [-0.25, -0.2) is 0 Å². The van der Waals surface area contributed by atoms with Crippen molar-refractivity contribution in [3.05, 3.63) is 29.8 Å². The molecule has 4 heteroatoms. The van der Waals surface area contributed by atoms with E-state index in [1.54, 1.807) is 7.11 Å². The van der Waals surface area contributed by atoms with E-state index in [2.05, 4.69) is 24.9 Å².